The summed E-state index contributed by atoms with van der Waals surface area (Å²) in [6.07, 6.45) is 2.80. The van der Waals surface area contributed by atoms with Crippen molar-refractivity contribution in [1.82, 2.24) is 4.98 Å². The van der Waals surface area contributed by atoms with Gasteiger partial charge in [-0.2, -0.15) is 0 Å². The SMILES string of the molecule is CCN(CCN)c1ccncc1F. The topological polar surface area (TPSA) is 42.1 Å². The Morgan fingerprint density at radius 3 is 2.92 bits per heavy atom. The second-order valence-electron chi connectivity index (χ2n) is 2.70. The lowest BCUT2D eigenvalue weighted by atomic mass is 10.3. The van der Waals surface area contributed by atoms with E-state index in [1.807, 2.05) is 11.8 Å². The van der Waals surface area contributed by atoms with Crippen molar-refractivity contribution in [1.29, 1.82) is 0 Å². The van der Waals surface area contributed by atoms with E-state index in [0.29, 0.717) is 18.8 Å². The van der Waals surface area contributed by atoms with E-state index >= 15 is 0 Å². The van der Waals surface area contributed by atoms with E-state index in [1.54, 1.807) is 12.3 Å². The molecule has 0 aliphatic rings. The van der Waals surface area contributed by atoms with Crippen molar-refractivity contribution in [3.63, 3.8) is 0 Å². The molecule has 0 aliphatic carbocycles. The lowest BCUT2D eigenvalue weighted by molar-refractivity contribution is 0.612. The van der Waals surface area contributed by atoms with Crippen LogP contribution in [0.2, 0.25) is 0 Å². The van der Waals surface area contributed by atoms with Crippen LogP contribution < -0.4 is 10.6 Å². The van der Waals surface area contributed by atoms with E-state index < -0.39 is 0 Å². The van der Waals surface area contributed by atoms with Crippen molar-refractivity contribution in [2.24, 2.45) is 5.73 Å². The maximum absolute atomic E-state index is 13.2. The van der Waals surface area contributed by atoms with Crippen molar-refractivity contribution in [3.8, 4) is 0 Å². The number of aromatic nitrogens is 1. The van der Waals surface area contributed by atoms with Crippen LogP contribution in [0.1, 0.15) is 6.92 Å². The Hall–Kier alpha value is -1.16. The fourth-order valence-electron chi connectivity index (χ4n) is 1.23. The molecule has 1 aromatic heterocycles. The van der Waals surface area contributed by atoms with Crippen LogP contribution >= 0.6 is 0 Å². The van der Waals surface area contributed by atoms with Crippen LogP contribution in [0.4, 0.5) is 10.1 Å². The van der Waals surface area contributed by atoms with Gasteiger partial charge in [-0.25, -0.2) is 4.39 Å². The highest BCUT2D eigenvalue weighted by molar-refractivity contribution is 5.45. The van der Waals surface area contributed by atoms with Gasteiger partial charge in [-0.3, -0.25) is 4.98 Å². The summed E-state index contributed by atoms with van der Waals surface area (Å²) in [6.45, 7) is 3.90. The molecule has 0 amide bonds. The monoisotopic (exact) mass is 183 g/mol. The molecule has 0 unspecified atom stereocenters. The highest BCUT2D eigenvalue weighted by Gasteiger charge is 2.07. The zero-order chi connectivity index (χ0) is 9.68. The molecule has 0 saturated heterocycles. The summed E-state index contributed by atoms with van der Waals surface area (Å²) in [5.74, 6) is -0.294. The van der Waals surface area contributed by atoms with Crippen molar-refractivity contribution in [2.45, 2.75) is 6.92 Å². The van der Waals surface area contributed by atoms with Gasteiger partial charge in [0.2, 0.25) is 0 Å². The Balaban J connectivity index is 2.84. The van der Waals surface area contributed by atoms with Crippen LogP contribution in [0, 0.1) is 5.82 Å². The van der Waals surface area contributed by atoms with Gasteiger partial charge in [-0.1, -0.05) is 0 Å². The summed E-state index contributed by atoms with van der Waals surface area (Å²) in [4.78, 5) is 5.57. The van der Waals surface area contributed by atoms with Crippen LogP contribution in [0.25, 0.3) is 0 Å². The molecule has 2 N–H and O–H groups in total. The van der Waals surface area contributed by atoms with Crippen LogP contribution in [0.5, 0.6) is 0 Å². The molecule has 0 saturated carbocycles. The van der Waals surface area contributed by atoms with Crippen LogP contribution in [0.3, 0.4) is 0 Å². The third-order valence-corrected chi connectivity index (χ3v) is 1.87. The molecular weight excluding hydrogens is 169 g/mol. The number of halogens is 1. The fraction of sp³-hybridized carbons (Fsp3) is 0.444. The molecule has 0 fully saturated rings. The maximum Gasteiger partial charge on any atom is 0.164 e. The lowest BCUT2D eigenvalue weighted by Crippen LogP contribution is -2.29. The molecule has 1 heterocycles. The van der Waals surface area contributed by atoms with Crippen molar-refractivity contribution < 1.29 is 4.39 Å². The van der Waals surface area contributed by atoms with Gasteiger partial charge in [0.25, 0.3) is 0 Å². The molecule has 72 valence electrons. The Bertz CT molecular complexity index is 265. The second kappa shape index (κ2) is 4.77. The number of hydrogen-bond acceptors (Lipinski definition) is 3. The minimum atomic E-state index is -0.294. The summed E-state index contributed by atoms with van der Waals surface area (Å²) >= 11 is 0. The van der Waals surface area contributed by atoms with Gasteiger partial charge in [0.15, 0.2) is 5.82 Å². The van der Waals surface area contributed by atoms with E-state index in [9.17, 15) is 4.39 Å². The van der Waals surface area contributed by atoms with Crippen LogP contribution in [-0.4, -0.2) is 24.6 Å². The van der Waals surface area contributed by atoms with Gasteiger partial charge in [0.1, 0.15) is 0 Å². The zero-order valence-corrected chi connectivity index (χ0v) is 7.70. The number of nitrogens with two attached hydrogens (primary N) is 1. The normalized spacial score (nSPS) is 10.1. The van der Waals surface area contributed by atoms with Gasteiger partial charge >= 0.3 is 0 Å². The largest absolute Gasteiger partial charge is 0.368 e. The number of likely N-dealkylation sites (N-methyl/N-ethyl adjacent to an activating group) is 1. The lowest BCUT2D eigenvalue weighted by Gasteiger charge is -2.22. The van der Waals surface area contributed by atoms with Gasteiger partial charge in [-0.15, -0.1) is 0 Å². The van der Waals surface area contributed by atoms with Crippen LogP contribution in [-0.2, 0) is 0 Å². The van der Waals surface area contributed by atoms with Crippen molar-refractivity contribution in [3.05, 3.63) is 24.3 Å². The summed E-state index contributed by atoms with van der Waals surface area (Å²) < 4.78 is 13.2. The summed E-state index contributed by atoms with van der Waals surface area (Å²) in [5, 5.41) is 0. The molecule has 0 spiro atoms. The molecule has 1 rings (SSSR count). The Labute approximate surface area is 77.4 Å². The molecule has 0 atom stereocenters. The third kappa shape index (κ3) is 2.39. The first-order valence-electron chi connectivity index (χ1n) is 4.34. The van der Waals surface area contributed by atoms with Gasteiger partial charge in [-0.05, 0) is 13.0 Å². The number of hydrogen-bond donors (Lipinski definition) is 1. The number of pyridine rings is 1. The first kappa shape index (κ1) is 9.92. The molecule has 1 aromatic rings. The molecule has 4 heteroatoms. The quantitative estimate of drug-likeness (QED) is 0.757. The highest BCUT2D eigenvalue weighted by atomic mass is 19.1. The Morgan fingerprint density at radius 1 is 1.62 bits per heavy atom. The van der Waals surface area contributed by atoms with Crippen molar-refractivity contribution in [2.75, 3.05) is 24.5 Å². The average molecular weight is 183 g/mol. The molecule has 0 aliphatic heterocycles. The summed E-state index contributed by atoms with van der Waals surface area (Å²) in [6, 6.07) is 1.66. The standard InChI is InChI=1S/C9H14FN3/c1-2-13(6-4-11)9-3-5-12-7-8(9)10/h3,5,7H,2,4,6,11H2,1H3. The van der Waals surface area contributed by atoms with E-state index in [2.05, 4.69) is 4.98 Å². The maximum atomic E-state index is 13.2. The number of anilines is 1. The van der Waals surface area contributed by atoms with E-state index in [0.717, 1.165) is 6.54 Å². The summed E-state index contributed by atoms with van der Waals surface area (Å²) in [7, 11) is 0. The second-order valence-corrected chi connectivity index (χ2v) is 2.70. The minimum absolute atomic E-state index is 0.294. The number of nitrogens with zero attached hydrogens (tertiary/aromatic N) is 2. The van der Waals surface area contributed by atoms with Crippen molar-refractivity contribution >= 4 is 5.69 Å². The van der Waals surface area contributed by atoms with Gasteiger partial charge in [0.05, 0.1) is 11.9 Å². The zero-order valence-electron chi connectivity index (χ0n) is 7.70. The molecule has 13 heavy (non-hydrogen) atoms. The molecule has 0 aromatic carbocycles. The average Bonchev–Trinajstić information content (AvgIpc) is 2.16. The Morgan fingerprint density at radius 2 is 2.38 bits per heavy atom. The predicted octanol–water partition coefficient (Wildman–Crippen LogP) is 1.01. The van der Waals surface area contributed by atoms with E-state index in [1.165, 1.54) is 6.20 Å². The first-order valence-corrected chi connectivity index (χ1v) is 4.34. The minimum Gasteiger partial charge on any atom is -0.368 e. The Kier molecular flexibility index (Phi) is 3.64. The summed E-state index contributed by atoms with van der Waals surface area (Å²) in [5.41, 5.74) is 5.98. The molecule has 3 nitrogen and oxygen atoms in total. The number of rotatable bonds is 4. The van der Waals surface area contributed by atoms with E-state index in [4.69, 9.17) is 5.73 Å². The molecule has 0 radical (unpaired) electrons. The molecule has 0 bridgehead atoms. The smallest absolute Gasteiger partial charge is 0.164 e. The molecular formula is C9H14FN3. The predicted molar refractivity (Wildman–Crippen MR) is 51.1 cm³/mol. The third-order valence-electron chi connectivity index (χ3n) is 1.87. The highest BCUT2D eigenvalue weighted by Crippen LogP contribution is 2.16. The van der Waals surface area contributed by atoms with Gasteiger partial charge in [0, 0.05) is 25.8 Å². The first-order chi connectivity index (χ1) is 6.29. The van der Waals surface area contributed by atoms with E-state index in [-0.39, 0.29) is 5.82 Å². The van der Waals surface area contributed by atoms with Crippen LogP contribution in [0.15, 0.2) is 18.5 Å². The van der Waals surface area contributed by atoms with Gasteiger partial charge < -0.3 is 10.6 Å². The fourth-order valence-corrected chi connectivity index (χ4v) is 1.23.